The highest BCUT2D eigenvalue weighted by atomic mass is 19.4. The largest absolute Gasteiger partial charge is 0.471 e. The predicted octanol–water partition coefficient (Wildman–Crippen LogP) is 2.01. The van der Waals surface area contributed by atoms with Crippen molar-refractivity contribution in [3.8, 4) is 0 Å². The minimum atomic E-state index is -4.94. The molecule has 0 aromatic carbocycles. The van der Waals surface area contributed by atoms with E-state index in [4.69, 9.17) is 0 Å². The summed E-state index contributed by atoms with van der Waals surface area (Å²) < 4.78 is 36.4. The maximum atomic E-state index is 12.1. The van der Waals surface area contributed by atoms with E-state index in [1.165, 1.54) is 0 Å². The number of hydrogen-bond acceptors (Lipinski definition) is 2. The molecule has 0 radical (unpaired) electrons. The summed E-state index contributed by atoms with van der Waals surface area (Å²) in [5, 5.41) is 0. The van der Waals surface area contributed by atoms with Crippen molar-refractivity contribution >= 4 is 12.2 Å². The molecule has 0 spiro atoms. The summed E-state index contributed by atoms with van der Waals surface area (Å²) in [5.74, 6) is -1.99. The van der Waals surface area contributed by atoms with E-state index in [0.29, 0.717) is 11.2 Å². The molecule has 6 heteroatoms. The lowest BCUT2D eigenvalue weighted by Crippen LogP contribution is -2.46. The minimum Gasteiger partial charge on any atom is -0.328 e. The molecule has 0 aromatic heterocycles. The molecule has 0 saturated heterocycles. The first-order chi connectivity index (χ1) is 6.99. The van der Waals surface area contributed by atoms with Crippen molar-refractivity contribution in [2.75, 3.05) is 7.05 Å². The highest BCUT2D eigenvalue weighted by Gasteiger charge is 2.43. The molecule has 1 unspecified atom stereocenters. The van der Waals surface area contributed by atoms with Crippen LogP contribution < -0.4 is 0 Å². The molecule has 0 rings (SSSR count). The van der Waals surface area contributed by atoms with Gasteiger partial charge in [-0.1, -0.05) is 20.8 Å². The molecule has 0 heterocycles. The third-order valence-electron chi connectivity index (χ3n) is 2.04. The number of amides is 1. The molecule has 0 aliphatic carbocycles. The summed E-state index contributed by atoms with van der Waals surface area (Å²) >= 11 is 0. The molecule has 94 valence electrons. The van der Waals surface area contributed by atoms with E-state index < -0.39 is 18.1 Å². The molecular formula is C10H16F3NO2. The van der Waals surface area contributed by atoms with Crippen molar-refractivity contribution < 1.29 is 22.8 Å². The lowest BCUT2D eigenvalue weighted by Gasteiger charge is -2.29. The Kier molecular flexibility index (Phi) is 4.52. The molecular weight excluding hydrogens is 223 g/mol. The maximum absolute atomic E-state index is 12.1. The van der Waals surface area contributed by atoms with Gasteiger partial charge >= 0.3 is 12.1 Å². The number of rotatable bonds is 3. The van der Waals surface area contributed by atoms with Crippen LogP contribution in [0.5, 0.6) is 0 Å². The zero-order chi connectivity index (χ0) is 13.1. The van der Waals surface area contributed by atoms with Gasteiger partial charge in [0.2, 0.25) is 0 Å². The predicted molar refractivity (Wildman–Crippen MR) is 52.7 cm³/mol. The van der Waals surface area contributed by atoms with E-state index in [9.17, 15) is 22.8 Å². The fourth-order valence-electron chi connectivity index (χ4n) is 1.25. The minimum absolute atomic E-state index is 0.189. The second kappa shape index (κ2) is 4.84. The van der Waals surface area contributed by atoms with Crippen molar-refractivity contribution in [2.24, 2.45) is 5.41 Å². The average molecular weight is 239 g/mol. The van der Waals surface area contributed by atoms with Crippen LogP contribution in [0.15, 0.2) is 0 Å². The van der Waals surface area contributed by atoms with Gasteiger partial charge in [-0.3, -0.25) is 4.79 Å². The van der Waals surface area contributed by atoms with Crippen molar-refractivity contribution in [2.45, 2.75) is 39.4 Å². The number of halogens is 3. The van der Waals surface area contributed by atoms with Crippen LogP contribution in [0.1, 0.15) is 27.2 Å². The lowest BCUT2D eigenvalue weighted by atomic mass is 9.88. The van der Waals surface area contributed by atoms with E-state index in [1.54, 1.807) is 20.8 Å². The molecule has 1 atom stereocenters. The van der Waals surface area contributed by atoms with Gasteiger partial charge in [0.25, 0.3) is 0 Å². The number of carbonyl (C=O) groups excluding carboxylic acids is 2. The molecule has 0 aliphatic rings. The Morgan fingerprint density at radius 2 is 1.75 bits per heavy atom. The second-order valence-corrected chi connectivity index (χ2v) is 4.88. The normalized spacial score (nSPS) is 14.4. The van der Waals surface area contributed by atoms with Gasteiger partial charge in [-0.15, -0.1) is 0 Å². The van der Waals surface area contributed by atoms with Crippen LogP contribution in [0.3, 0.4) is 0 Å². The van der Waals surface area contributed by atoms with Crippen LogP contribution in [-0.4, -0.2) is 36.4 Å². The van der Waals surface area contributed by atoms with Crippen LogP contribution in [0.25, 0.3) is 0 Å². The number of hydrogen-bond donors (Lipinski definition) is 0. The number of carbonyl (C=O) groups is 2. The quantitative estimate of drug-likeness (QED) is 0.706. The van der Waals surface area contributed by atoms with E-state index in [1.807, 2.05) is 0 Å². The van der Waals surface area contributed by atoms with E-state index in [0.717, 1.165) is 7.05 Å². The summed E-state index contributed by atoms with van der Waals surface area (Å²) in [6, 6.07) is -1.05. The third-order valence-corrected chi connectivity index (χ3v) is 2.04. The van der Waals surface area contributed by atoms with Crippen LogP contribution in [0.2, 0.25) is 0 Å². The third kappa shape index (κ3) is 4.63. The number of alkyl halides is 3. The first-order valence-corrected chi connectivity index (χ1v) is 4.78. The van der Waals surface area contributed by atoms with Crippen molar-refractivity contribution in [3.05, 3.63) is 0 Å². The Morgan fingerprint density at radius 3 is 2.00 bits per heavy atom. The van der Waals surface area contributed by atoms with Gasteiger partial charge in [0.1, 0.15) is 6.29 Å². The summed E-state index contributed by atoms with van der Waals surface area (Å²) in [6.45, 7) is 5.36. The molecule has 0 N–H and O–H groups in total. The highest BCUT2D eigenvalue weighted by molar-refractivity contribution is 5.84. The van der Waals surface area contributed by atoms with E-state index >= 15 is 0 Å². The van der Waals surface area contributed by atoms with Crippen LogP contribution >= 0.6 is 0 Å². The first kappa shape index (κ1) is 14.9. The topological polar surface area (TPSA) is 37.4 Å². The smallest absolute Gasteiger partial charge is 0.328 e. The number of nitrogens with zero attached hydrogens (tertiary/aromatic N) is 1. The molecule has 0 saturated carbocycles. The van der Waals surface area contributed by atoms with Gasteiger partial charge in [0, 0.05) is 7.05 Å². The fourth-order valence-corrected chi connectivity index (χ4v) is 1.25. The van der Waals surface area contributed by atoms with Crippen molar-refractivity contribution in [1.29, 1.82) is 0 Å². The lowest BCUT2D eigenvalue weighted by molar-refractivity contribution is -0.186. The maximum Gasteiger partial charge on any atom is 0.471 e. The molecule has 1 amide bonds. The van der Waals surface area contributed by atoms with Gasteiger partial charge in [0.05, 0.1) is 6.04 Å². The van der Waals surface area contributed by atoms with Crippen molar-refractivity contribution in [3.63, 3.8) is 0 Å². The van der Waals surface area contributed by atoms with Gasteiger partial charge in [-0.2, -0.15) is 13.2 Å². The number of aldehydes is 1. The Labute approximate surface area is 92.6 Å². The molecule has 0 fully saturated rings. The summed E-state index contributed by atoms with van der Waals surface area (Å²) in [6.07, 6.45) is -4.38. The monoisotopic (exact) mass is 239 g/mol. The van der Waals surface area contributed by atoms with Crippen LogP contribution in [-0.2, 0) is 9.59 Å². The average Bonchev–Trinajstić information content (AvgIpc) is 2.08. The van der Waals surface area contributed by atoms with Gasteiger partial charge in [0.15, 0.2) is 0 Å². The molecule has 0 aliphatic heterocycles. The summed E-state index contributed by atoms with van der Waals surface area (Å²) in [5.41, 5.74) is -0.328. The Hall–Kier alpha value is -1.07. The Balaban J connectivity index is 4.74. The fraction of sp³-hybridized carbons (Fsp3) is 0.800. The first-order valence-electron chi connectivity index (χ1n) is 4.78. The van der Waals surface area contributed by atoms with Crippen LogP contribution in [0.4, 0.5) is 13.2 Å². The summed E-state index contributed by atoms with van der Waals surface area (Å²) in [4.78, 5) is 22.0. The van der Waals surface area contributed by atoms with Gasteiger partial charge in [-0.25, -0.2) is 0 Å². The zero-order valence-electron chi connectivity index (χ0n) is 9.76. The van der Waals surface area contributed by atoms with Crippen molar-refractivity contribution in [1.82, 2.24) is 4.90 Å². The number of likely N-dealkylation sites (N-methyl/N-ethyl adjacent to an activating group) is 1. The second-order valence-electron chi connectivity index (χ2n) is 4.88. The Morgan fingerprint density at radius 1 is 1.31 bits per heavy atom. The van der Waals surface area contributed by atoms with E-state index in [-0.39, 0.29) is 11.8 Å². The van der Waals surface area contributed by atoms with Gasteiger partial charge in [-0.05, 0) is 11.8 Å². The van der Waals surface area contributed by atoms with Crippen LogP contribution in [0, 0.1) is 5.41 Å². The molecule has 16 heavy (non-hydrogen) atoms. The van der Waals surface area contributed by atoms with Gasteiger partial charge < -0.3 is 9.69 Å². The standard InChI is InChI=1S/C10H16F3NO2/c1-9(2,3)5-7(6-15)14(4)8(16)10(11,12)13/h6-7H,5H2,1-4H3. The van der Waals surface area contributed by atoms with E-state index in [2.05, 4.69) is 0 Å². The highest BCUT2D eigenvalue weighted by Crippen LogP contribution is 2.25. The molecule has 0 bridgehead atoms. The Bertz CT molecular complexity index is 268. The zero-order valence-corrected chi connectivity index (χ0v) is 9.76. The summed E-state index contributed by atoms with van der Waals surface area (Å²) in [7, 11) is 0.987. The molecule has 0 aromatic rings. The SMILES string of the molecule is CN(C(=O)C(F)(F)F)C(C=O)CC(C)(C)C. The molecule has 3 nitrogen and oxygen atoms in total.